The highest BCUT2D eigenvalue weighted by molar-refractivity contribution is 5.77. The zero-order chi connectivity index (χ0) is 12.9. The van der Waals surface area contributed by atoms with Gasteiger partial charge in [-0.15, -0.1) is 0 Å². The van der Waals surface area contributed by atoms with Crippen LogP contribution in [-0.4, -0.2) is 36.7 Å². The number of aliphatic carboxylic acids is 1. The molecule has 0 heterocycles. The van der Waals surface area contributed by atoms with Gasteiger partial charge in [-0.1, -0.05) is 0 Å². The monoisotopic (exact) mass is 243 g/mol. The third kappa shape index (κ3) is 5.68. The molecule has 1 rings (SSSR count). The van der Waals surface area contributed by atoms with Gasteiger partial charge in [-0.2, -0.15) is 0 Å². The highest BCUT2D eigenvalue weighted by Crippen LogP contribution is 2.28. The van der Waals surface area contributed by atoms with Crippen molar-refractivity contribution in [2.45, 2.75) is 33.1 Å². The summed E-state index contributed by atoms with van der Waals surface area (Å²) < 4.78 is 5.22. The summed E-state index contributed by atoms with van der Waals surface area (Å²) in [6.07, 6.45) is 2.82. The Balaban J connectivity index is 2.04. The Labute approximate surface area is 102 Å². The zero-order valence-electron chi connectivity index (χ0n) is 10.5. The summed E-state index contributed by atoms with van der Waals surface area (Å²) >= 11 is 0. The van der Waals surface area contributed by atoms with Crippen LogP contribution in [0.5, 0.6) is 0 Å². The van der Waals surface area contributed by atoms with Gasteiger partial charge in [0.2, 0.25) is 5.91 Å². The minimum atomic E-state index is -0.850. The molecule has 0 aliphatic heterocycles. The molecule has 0 bridgehead atoms. The van der Waals surface area contributed by atoms with Crippen molar-refractivity contribution in [3.8, 4) is 0 Å². The lowest BCUT2D eigenvalue weighted by molar-refractivity contribution is -0.147. The highest BCUT2D eigenvalue weighted by Gasteiger charge is 2.26. The van der Waals surface area contributed by atoms with Gasteiger partial charge in [0.25, 0.3) is 0 Å². The third-order valence-corrected chi connectivity index (χ3v) is 2.93. The summed E-state index contributed by atoms with van der Waals surface area (Å²) in [4.78, 5) is 22.1. The lowest BCUT2D eigenvalue weighted by atomic mass is 9.90. The molecule has 1 saturated carbocycles. The Morgan fingerprint density at radius 1 is 1.41 bits per heavy atom. The summed E-state index contributed by atoms with van der Waals surface area (Å²) in [5, 5.41) is 11.5. The average Bonchev–Trinajstić information content (AvgIpc) is 3.01. The van der Waals surface area contributed by atoms with Crippen LogP contribution in [0, 0.1) is 11.3 Å². The fraction of sp³-hybridized carbons (Fsp3) is 0.833. The first-order valence-corrected chi connectivity index (χ1v) is 5.99. The second-order valence-electron chi connectivity index (χ2n) is 5.25. The van der Waals surface area contributed by atoms with E-state index < -0.39 is 11.4 Å². The molecule has 2 N–H and O–H groups in total. The van der Waals surface area contributed by atoms with E-state index in [1.54, 1.807) is 13.8 Å². The molecular weight excluding hydrogens is 222 g/mol. The van der Waals surface area contributed by atoms with Crippen molar-refractivity contribution < 1.29 is 19.4 Å². The van der Waals surface area contributed by atoms with Crippen molar-refractivity contribution >= 4 is 11.9 Å². The normalized spacial score (nSPS) is 15.6. The van der Waals surface area contributed by atoms with E-state index in [-0.39, 0.29) is 12.5 Å². The van der Waals surface area contributed by atoms with E-state index in [2.05, 4.69) is 5.32 Å². The molecule has 1 aliphatic carbocycles. The van der Waals surface area contributed by atoms with Crippen LogP contribution in [0.25, 0.3) is 0 Å². The van der Waals surface area contributed by atoms with Gasteiger partial charge in [-0.05, 0) is 39.0 Å². The Bertz CT molecular complexity index is 284. The van der Waals surface area contributed by atoms with Crippen molar-refractivity contribution in [1.82, 2.24) is 5.32 Å². The summed E-state index contributed by atoms with van der Waals surface area (Å²) in [5.41, 5.74) is -0.803. The van der Waals surface area contributed by atoms with Gasteiger partial charge >= 0.3 is 5.97 Å². The number of nitrogens with one attached hydrogen (secondary N) is 1. The van der Waals surface area contributed by atoms with Crippen LogP contribution >= 0.6 is 0 Å². The largest absolute Gasteiger partial charge is 0.481 e. The van der Waals surface area contributed by atoms with Gasteiger partial charge in [-0.3, -0.25) is 9.59 Å². The molecule has 1 amide bonds. The summed E-state index contributed by atoms with van der Waals surface area (Å²) in [6.45, 7) is 4.39. The van der Waals surface area contributed by atoms with Crippen LogP contribution in [0.15, 0.2) is 0 Å². The first-order chi connectivity index (χ1) is 7.92. The van der Waals surface area contributed by atoms with Crippen molar-refractivity contribution in [3.05, 3.63) is 0 Å². The number of carbonyl (C=O) groups is 2. The van der Waals surface area contributed by atoms with Crippen LogP contribution in [0.3, 0.4) is 0 Å². The smallest absolute Gasteiger partial charge is 0.309 e. The minimum Gasteiger partial charge on any atom is -0.481 e. The van der Waals surface area contributed by atoms with Gasteiger partial charge in [0.05, 0.1) is 12.0 Å². The molecule has 0 spiro atoms. The standard InChI is InChI=1S/C12H21NO4/c1-12(2,11(15)16)5-6-13-10(14)8-17-7-9-3-4-9/h9H,3-8H2,1-2H3,(H,13,14)(H,15,16). The van der Waals surface area contributed by atoms with Crippen molar-refractivity contribution in [2.24, 2.45) is 11.3 Å². The number of carboxylic acid groups (broad SMARTS) is 1. The predicted molar refractivity (Wildman–Crippen MR) is 62.6 cm³/mol. The molecule has 0 unspecified atom stereocenters. The number of hydrogen-bond donors (Lipinski definition) is 2. The van der Waals surface area contributed by atoms with Crippen LogP contribution < -0.4 is 5.32 Å². The minimum absolute atomic E-state index is 0.0734. The second-order valence-corrected chi connectivity index (χ2v) is 5.25. The maximum absolute atomic E-state index is 11.3. The molecule has 0 atom stereocenters. The second kappa shape index (κ2) is 6.00. The molecular formula is C12H21NO4. The van der Waals surface area contributed by atoms with Gasteiger partial charge in [-0.25, -0.2) is 0 Å². The predicted octanol–water partition coefficient (Wildman–Crippen LogP) is 1.03. The van der Waals surface area contributed by atoms with Gasteiger partial charge in [0.1, 0.15) is 6.61 Å². The molecule has 0 radical (unpaired) electrons. The van der Waals surface area contributed by atoms with Crippen LogP contribution in [0.2, 0.25) is 0 Å². The molecule has 0 aromatic heterocycles. The van der Waals surface area contributed by atoms with Crippen LogP contribution in [0.4, 0.5) is 0 Å². The Hall–Kier alpha value is -1.10. The average molecular weight is 243 g/mol. The van der Waals surface area contributed by atoms with E-state index in [0.717, 1.165) is 0 Å². The van der Waals surface area contributed by atoms with E-state index in [0.29, 0.717) is 25.5 Å². The van der Waals surface area contributed by atoms with E-state index in [9.17, 15) is 9.59 Å². The van der Waals surface area contributed by atoms with E-state index in [1.165, 1.54) is 12.8 Å². The zero-order valence-corrected chi connectivity index (χ0v) is 10.5. The SMILES string of the molecule is CC(C)(CCNC(=O)COCC1CC1)C(=O)O. The number of hydrogen-bond acceptors (Lipinski definition) is 3. The number of carboxylic acids is 1. The number of amides is 1. The van der Waals surface area contributed by atoms with E-state index >= 15 is 0 Å². The quantitative estimate of drug-likeness (QED) is 0.667. The molecule has 5 nitrogen and oxygen atoms in total. The van der Waals surface area contributed by atoms with Crippen molar-refractivity contribution in [3.63, 3.8) is 0 Å². The first kappa shape index (κ1) is 14.0. The summed E-state index contributed by atoms with van der Waals surface area (Å²) in [5.74, 6) is -0.377. The van der Waals surface area contributed by atoms with Crippen LogP contribution in [0.1, 0.15) is 33.1 Å². The third-order valence-electron chi connectivity index (χ3n) is 2.93. The van der Waals surface area contributed by atoms with Crippen molar-refractivity contribution in [2.75, 3.05) is 19.8 Å². The lowest BCUT2D eigenvalue weighted by Gasteiger charge is -2.18. The molecule has 0 aromatic carbocycles. The van der Waals surface area contributed by atoms with Gasteiger partial charge < -0.3 is 15.2 Å². The fourth-order valence-corrected chi connectivity index (χ4v) is 1.28. The molecule has 0 aromatic rings. The number of ether oxygens (including phenoxy) is 1. The van der Waals surface area contributed by atoms with Crippen LogP contribution in [-0.2, 0) is 14.3 Å². The fourth-order valence-electron chi connectivity index (χ4n) is 1.28. The summed E-state index contributed by atoms with van der Waals surface area (Å²) in [6, 6.07) is 0. The molecule has 5 heteroatoms. The van der Waals surface area contributed by atoms with Crippen molar-refractivity contribution in [1.29, 1.82) is 0 Å². The lowest BCUT2D eigenvalue weighted by Crippen LogP contribution is -2.33. The molecule has 1 fully saturated rings. The van der Waals surface area contributed by atoms with Gasteiger partial charge in [0.15, 0.2) is 0 Å². The Morgan fingerprint density at radius 2 is 2.06 bits per heavy atom. The summed E-state index contributed by atoms with van der Waals surface area (Å²) in [7, 11) is 0. The van der Waals surface area contributed by atoms with E-state index in [1.807, 2.05) is 0 Å². The first-order valence-electron chi connectivity index (χ1n) is 5.99. The highest BCUT2D eigenvalue weighted by atomic mass is 16.5. The molecule has 1 aliphatic rings. The molecule has 0 saturated heterocycles. The Morgan fingerprint density at radius 3 is 2.59 bits per heavy atom. The molecule has 98 valence electrons. The maximum atomic E-state index is 11.3. The topological polar surface area (TPSA) is 75.6 Å². The maximum Gasteiger partial charge on any atom is 0.309 e. The number of carbonyl (C=O) groups excluding carboxylic acids is 1. The van der Waals surface area contributed by atoms with E-state index in [4.69, 9.17) is 9.84 Å². The number of rotatable bonds is 8. The van der Waals surface area contributed by atoms with Gasteiger partial charge in [0, 0.05) is 6.54 Å². The Kier molecular flexibility index (Phi) is 4.93. The molecule has 17 heavy (non-hydrogen) atoms.